The molecule has 1 aliphatic rings. The second kappa shape index (κ2) is 10.5. The first-order valence-corrected chi connectivity index (χ1v) is 12.9. The minimum atomic E-state index is -3.69. The first-order valence-electron chi connectivity index (χ1n) is 11.5. The monoisotopic (exact) mass is 471 g/mol. The number of rotatable bonds is 9. The molecule has 7 nitrogen and oxygen atoms in total. The van der Waals surface area contributed by atoms with E-state index >= 15 is 0 Å². The molecule has 0 aromatic heterocycles. The molecule has 2 aromatic carbocycles. The van der Waals surface area contributed by atoms with Crippen LogP contribution in [0.15, 0.2) is 47.4 Å². The van der Waals surface area contributed by atoms with Crippen LogP contribution in [-0.4, -0.2) is 43.7 Å². The lowest BCUT2D eigenvalue weighted by molar-refractivity contribution is -0.118. The molecule has 1 unspecified atom stereocenters. The summed E-state index contributed by atoms with van der Waals surface area (Å²) in [6.45, 7) is 7.93. The molecule has 0 heterocycles. The van der Waals surface area contributed by atoms with Crippen LogP contribution in [-0.2, 0) is 27.7 Å². The molecule has 0 saturated carbocycles. The second-order valence-corrected chi connectivity index (χ2v) is 10.6. The van der Waals surface area contributed by atoms with Gasteiger partial charge in [-0.15, -0.1) is 0 Å². The second-order valence-electron chi connectivity index (χ2n) is 8.64. The smallest absolute Gasteiger partial charge is 0.251 e. The first-order chi connectivity index (χ1) is 15.7. The summed E-state index contributed by atoms with van der Waals surface area (Å²) in [4.78, 5) is 26.0. The van der Waals surface area contributed by atoms with Crippen LogP contribution in [0.3, 0.4) is 0 Å². The number of carbonyl (C=O) groups is 2. The predicted molar refractivity (Wildman–Crippen MR) is 130 cm³/mol. The maximum absolute atomic E-state index is 13.0. The first kappa shape index (κ1) is 24.9. The van der Waals surface area contributed by atoms with Crippen molar-refractivity contribution in [3.05, 3.63) is 59.2 Å². The summed E-state index contributed by atoms with van der Waals surface area (Å²) < 4.78 is 27.0. The molecular weight excluding hydrogens is 438 g/mol. The molecule has 0 radical (unpaired) electrons. The molecule has 2 aromatic rings. The fourth-order valence-electron chi connectivity index (χ4n) is 4.14. The van der Waals surface area contributed by atoms with Crippen molar-refractivity contribution in [2.24, 2.45) is 5.92 Å². The molecule has 0 bridgehead atoms. The maximum Gasteiger partial charge on any atom is 0.251 e. The van der Waals surface area contributed by atoms with Crippen molar-refractivity contribution in [1.29, 1.82) is 0 Å². The molecule has 0 fully saturated rings. The predicted octanol–water partition coefficient (Wildman–Crippen LogP) is 3.60. The number of amides is 2. The van der Waals surface area contributed by atoms with Crippen LogP contribution in [0, 0.1) is 5.92 Å². The molecule has 0 aliphatic heterocycles. The van der Waals surface area contributed by atoms with Crippen molar-refractivity contribution >= 4 is 27.5 Å². The van der Waals surface area contributed by atoms with E-state index in [-0.39, 0.29) is 22.3 Å². The minimum absolute atomic E-state index is 0.0579. The number of hydrogen-bond donors (Lipinski definition) is 2. The van der Waals surface area contributed by atoms with E-state index in [1.165, 1.54) is 27.6 Å². The van der Waals surface area contributed by atoms with Crippen LogP contribution >= 0.6 is 0 Å². The van der Waals surface area contributed by atoms with Gasteiger partial charge in [-0.1, -0.05) is 39.8 Å². The third kappa shape index (κ3) is 5.62. The standard InChI is InChI=1S/C25H33N3O4S/c1-5-28(6-2)33(31,32)22-12-8-11-20(16-22)24(29)27-23(17(3)4)25(30)26-21-14-13-18-9-7-10-19(18)15-21/h8,11-17,23H,5-7,9-10H2,1-4H3,(H,26,30)(H,27,29). The molecule has 2 amide bonds. The molecule has 2 N–H and O–H groups in total. The number of hydrogen-bond acceptors (Lipinski definition) is 4. The van der Waals surface area contributed by atoms with E-state index in [1.54, 1.807) is 26.0 Å². The number of anilines is 1. The van der Waals surface area contributed by atoms with Crippen LogP contribution in [0.25, 0.3) is 0 Å². The van der Waals surface area contributed by atoms with E-state index in [0.717, 1.165) is 19.3 Å². The Morgan fingerprint density at radius 1 is 1.00 bits per heavy atom. The highest BCUT2D eigenvalue weighted by Gasteiger charge is 2.27. The van der Waals surface area contributed by atoms with Crippen molar-refractivity contribution in [2.75, 3.05) is 18.4 Å². The Bertz CT molecular complexity index is 1120. The van der Waals surface area contributed by atoms with Gasteiger partial charge in [0.1, 0.15) is 6.04 Å². The fraction of sp³-hybridized carbons (Fsp3) is 0.440. The lowest BCUT2D eigenvalue weighted by atomic mass is 10.0. The van der Waals surface area contributed by atoms with Crippen molar-refractivity contribution in [2.45, 2.75) is 57.9 Å². The number of aryl methyl sites for hydroxylation is 2. The summed E-state index contributed by atoms with van der Waals surface area (Å²) in [7, 11) is -3.69. The third-order valence-corrected chi connectivity index (χ3v) is 8.09. The van der Waals surface area contributed by atoms with Gasteiger partial charge in [0.15, 0.2) is 0 Å². The molecule has 0 spiro atoms. The van der Waals surface area contributed by atoms with E-state index in [2.05, 4.69) is 10.6 Å². The Morgan fingerprint density at radius 2 is 1.70 bits per heavy atom. The van der Waals surface area contributed by atoms with Crippen molar-refractivity contribution in [1.82, 2.24) is 9.62 Å². The SMILES string of the molecule is CCN(CC)S(=O)(=O)c1cccc(C(=O)NC(C(=O)Nc2ccc3c(c2)CCC3)C(C)C)c1. The van der Waals surface area contributed by atoms with Gasteiger partial charge in [-0.2, -0.15) is 4.31 Å². The molecule has 33 heavy (non-hydrogen) atoms. The summed E-state index contributed by atoms with van der Waals surface area (Å²) in [5.74, 6) is -0.955. The maximum atomic E-state index is 13.0. The van der Waals surface area contributed by atoms with Crippen LogP contribution in [0.2, 0.25) is 0 Å². The van der Waals surface area contributed by atoms with Crippen LogP contribution in [0.5, 0.6) is 0 Å². The van der Waals surface area contributed by atoms with E-state index in [1.807, 2.05) is 32.0 Å². The lowest BCUT2D eigenvalue weighted by Gasteiger charge is -2.22. The topological polar surface area (TPSA) is 95.6 Å². The van der Waals surface area contributed by atoms with Gasteiger partial charge in [-0.05, 0) is 66.6 Å². The van der Waals surface area contributed by atoms with Gasteiger partial charge >= 0.3 is 0 Å². The molecule has 1 aliphatic carbocycles. The number of fused-ring (bicyclic) bond motifs is 1. The Kier molecular flexibility index (Phi) is 7.92. The van der Waals surface area contributed by atoms with Gasteiger partial charge in [-0.25, -0.2) is 8.42 Å². The highest BCUT2D eigenvalue weighted by Crippen LogP contribution is 2.25. The van der Waals surface area contributed by atoms with Crippen molar-refractivity contribution in [3.63, 3.8) is 0 Å². The lowest BCUT2D eigenvalue weighted by Crippen LogP contribution is -2.47. The van der Waals surface area contributed by atoms with Gasteiger partial charge in [0, 0.05) is 24.3 Å². The van der Waals surface area contributed by atoms with Gasteiger partial charge in [-0.3, -0.25) is 9.59 Å². The van der Waals surface area contributed by atoms with E-state index in [9.17, 15) is 18.0 Å². The number of nitrogens with one attached hydrogen (secondary N) is 2. The van der Waals surface area contributed by atoms with Crippen molar-refractivity contribution < 1.29 is 18.0 Å². The summed E-state index contributed by atoms with van der Waals surface area (Å²) in [5.41, 5.74) is 3.48. The normalized spacial score (nSPS) is 14.2. The minimum Gasteiger partial charge on any atom is -0.340 e. The van der Waals surface area contributed by atoms with E-state index < -0.39 is 22.0 Å². The average Bonchev–Trinajstić information content (AvgIpc) is 3.25. The van der Waals surface area contributed by atoms with Crippen molar-refractivity contribution in [3.8, 4) is 0 Å². The largest absolute Gasteiger partial charge is 0.340 e. The molecule has 0 saturated heterocycles. The summed E-state index contributed by atoms with van der Waals surface area (Å²) in [6.07, 6.45) is 3.20. The molecule has 178 valence electrons. The number of carbonyl (C=O) groups excluding carboxylic acids is 2. The molecule has 8 heteroatoms. The summed E-state index contributed by atoms with van der Waals surface area (Å²) in [6, 6.07) is 11.1. The number of benzene rings is 2. The highest BCUT2D eigenvalue weighted by atomic mass is 32.2. The zero-order valence-electron chi connectivity index (χ0n) is 19.7. The Balaban J connectivity index is 1.76. The zero-order valence-corrected chi connectivity index (χ0v) is 20.5. The zero-order chi connectivity index (χ0) is 24.2. The molecule has 3 rings (SSSR count). The van der Waals surface area contributed by atoms with Gasteiger partial charge in [0.05, 0.1) is 4.90 Å². The van der Waals surface area contributed by atoms with E-state index in [0.29, 0.717) is 18.8 Å². The molecule has 1 atom stereocenters. The number of nitrogens with zero attached hydrogens (tertiary/aromatic N) is 1. The third-order valence-electron chi connectivity index (χ3n) is 6.04. The summed E-state index contributed by atoms with van der Waals surface area (Å²) in [5, 5.41) is 5.70. The highest BCUT2D eigenvalue weighted by molar-refractivity contribution is 7.89. The van der Waals surface area contributed by atoms with E-state index in [4.69, 9.17) is 0 Å². The quantitative estimate of drug-likeness (QED) is 0.584. The fourth-order valence-corrected chi connectivity index (χ4v) is 5.64. The number of sulfonamides is 1. The van der Waals surface area contributed by atoms with Crippen LogP contribution in [0.4, 0.5) is 5.69 Å². The Morgan fingerprint density at radius 3 is 2.36 bits per heavy atom. The average molecular weight is 472 g/mol. The van der Waals surface area contributed by atoms with Crippen LogP contribution < -0.4 is 10.6 Å². The van der Waals surface area contributed by atoms with Gasteiger partial charge in [0.25, 0.3) is 5.91 Å². The van der Waals surface area contributed by atoms with Gasteiger partial charge in [0.2, 0.25) is 15.9 Å². The van der Waals surface area contributed by atoms with Crippen LogP contribution in [0.1, 0.15) is 55.6 Å². The Labute approximate surface area is 196 Å². The Hall–Kier alpha value is -2.71. The van der Waals surface area contributed by atoms with Gasteiger partial charge < -0.3 is 10.6 Å². The summed E-state index contributed by atoms with van der Waals surface area (Å²) >= 11 is 0. The molecular formula is C25H33N3O4S.